The van der Waals surface area contributed by atoms with E-state index in [-0.39, 0.29) is 24.9 Å². The second-order valence-corrected chi connectivity index (χ2v) is 5.65. The van der Waals surface area contributed by atoms with Gasteiger partial charge in [-0.15, -0.1) is 0 Å². The van der Waals surface area contributed by atoms with Crippen LogP contribution in [0, 0.1) is 0 Å². The van der Waals surface area contributed by atoms with Crippen molar-refractivity contribution in [1.82, 2.24) is 24.2 Å². The van der Waals surface area contributed by atoms with Crippen molar-refractivity contribution in [3.8, 4) is 0 Å². The van der Waals surface area contributed by atoms with Gasteiger partial charge < -0.3 is 14.5 Å². The molecule has 8 nitrogen and oxygen atoms in total. The highest BCUT2D eigenvalue weighted by Crippen LogP contribution is 2.19. The van der Waals surface area contributed by atoms with E-state index in [9.17, 15) is 14.4 Å². The van der Waals surface area contributed by atoms with Gasteiger partial charge in [0, 0.05) is 44.3 Å². The van der Waals surface area contributed by atoms with Gasteiger partial charge in [0.05, 0.1) is 12.6 Å². The number of hydrogen-bond donors (Lipinski definition) is 1. The molecule has 0 spiro atoms. The maximum absolute atomic E-state index is 12.4. The summed E-state index contributed by atoms with van der Waals surface area (Å²) in [6.07, 6.45) is 8.64. The van der Waals surface area contributed by atoms with Crippen LogP contribution in [0.3, 0.4) is 0 Å². The van der Waals surface area contributed by atoms with Crippen molar-refractivity contribution >= 4 is 5.91 Å². The fourth-order valence-corrected chi connectivity index (χ4v) is 2.98. The van der Waals surface area contributed by atoms with Gasteiger partial charge >= 0.3 is 11.1 Å². The quantitative estimate of drug-likeness (QED) is 0.774. The first-order valence-corrected chi connectivity index (χ1v) is 7.70. The van der Waals surface area contributed by atoms with Crippen LogP contribution in [0.4, 0.5) is 0 Å². The summed E-state index contributed by atoms with van der Waals surface area (Å²) in [5.41, 5.74) is -1.30. The summed E-state index contributed by atoms with van der Waals surface area (Å²) in [4.78, 5) is 39.6. The van der Waals surface area contributed by atoms with E-state index >= 15 is 0 Å². The zero-order valence-corrected chi connectivity index (χ0v) is 12.7. The van der Waals surface area contributed by atoms with Gasteiger partial charge in [-0.25, -0.2) is 0 Å². The normalized spacial score (nSPS) is 17.6. The number of nitrogens with zero attached hydrogens (tertiary/aromatic N) is 4. The maximum Gasteiger partial charge on any atom is 0.316 e. The van der Waals surface area contributed by atoms with Gasteiger partial charge in [-0.1, -0.05) is 0 Å². The molecule has 1 aliphatic heterocycles. The third-order valence-corrected chi connectivity index (χ3v) is 4.15. The van der Waals surface area contributed by atoms with Gasteiger partial charge in [0.1, 0.15) is 0 Å². The number of aromatic nitrogens is 4. The molecule has 2 aromatic rings. The van der Waals surface area contributed by atoms with E-state index in [0.717, 1.165) is 19.4 Å². The molecule has 3 heterocycles. The van der Waals surface area contributed by atoms with E-state index in [1.54, 1.807) is 6.20 Å². The molecule has 0 unspecified atom stereocenters. The Labute approximate surface area is 132 Å². The molecule has 0 bridgehead atoms. The van der Waals surface area contributed by atoms with Crippen molar-refractivity contribution < 1.29 is 4.79 Å². The van der Waals surface area contributed by atoms with Gasteiger partial charge in [-0.2, -0.15) is 5.10 Å². The average molecular weight is 317 g/mol. The molecule has 1 amide bonds. The molecule has 0 aliphatic carbocycles. The highest BCUT2D eigenvalue weighted by atomic mass is 16.2. The minimum Gasteiger partial charge on any atom is -0.338 e. The van der Waals surface area contributed by atoms with Crippen LogP contribution >= 0.6 is 0 Å². The molecule has 1 N–H and O–H groups in total. The number of carbonyl (C=O) groups excluding carboxylic acids is 1. The Morgan fingerprint density at radius 2 is 2.22 bits per heavy atom. The molecule has 1 fully saturated rings. The van der Waals surface area contributed by atoms with Crippen LogP contribution in [0.15, 0.2) is 40.4 Å². The molecule has 23 heavy (non-hydrogen) atoms. The van der Waals surface area contributed by atoms with Crippen LogP contribution in [-0.4, -0.2) is 42.7 Å². The van der Waals surface area contributed by atoms with Crippen molar-refractivity contribution in [2.75, 3.05) is 6.54 Å². The minimum absolute atomic E-state index is 0.00633. The molecule has 1 saturated heterocycles. The van der Waals surface area contributed by atoms with Gasteiger partial charge in [0.2, 0.25) is 5.91 Å². The number of amides is 1. The standard InChI is InChI=1S/C15H19N5O3/c21-13(4-9-18-10-6-16-14(22)15(18)23)20-8-1-3-12(20)11-19-7-2-5-17-19/h2,5-7,10,12H,1,3-4,8-9,11H2,(H,16,22)/t12-/m1/s1. The largest absolute Gasteiger partial charge is 0.338 e. The van der Waals surface area contributed by atoms with Crippen molar-refractivity contribution in [2.24, 2.45) is 0 Å². The molecule has 8 heteroatoms. The molecular formula is C15H19N5O3. The number of H-pyrrole nitrogens is 1. The van der Waals surface area contributed by atoms with Crippen molar-refractivity contribution in [3.05, 3.63) is 51.6 Å². The van der Waals surface area contributed by atoms with Crippen molar-refractivity contribution in [2.45, 2.75) is 38.4 Å². The Morgan fingerprint density at radius 1 is 1.35 bits per heavy atom. The monoisotopic (exact) mass is 317 g/mol. The second kappa shape index (κ2) is 6.64. The summed E-state index contributed by atoms with van der Waals surface area (Å²) < 4.78 is 3.10. The van der Waals surface area contributed by atoms with E-state index < -0.39 is 11.1 Å². The predicted octanol–water partition coefficient (Wildman–Crippen LogP) is -0.186. The van der Waals surface area contributed by atoms with E-state index in [0.29, 0.717) is 6.54 Å². The van der Waals surface area contributed by atoms with Crippen LogP contribution in [0.5, 0.6) is 0 Å². The lowest BCUT2D eigenvalue weighted by Crippen LogP contribution is -2.40. The Morgan fingerprint density at radius 3 is 3.00 bits per heavy atom. The third-order valence-electron chi connectivity index (χ3n) is 4.15. The van der Waals surface area contributed by atoms with Crippen molar-refractivity contribution in [3.63, 3.8) is 0 Å². The van der Waals surface area contributed by atoms with Gasteiger partial charge in [0.15, 0.2) is 0 Å². The molecule has 0 radical (unpaired) electrons. The number of likely N-dealkylation sites (tertiary alicyclic amines) is 1. The highest BCUT2D eigenvalue weighted by Gasteiger charge is 2.28. The van der Waals surface area contributed by atoms with Gasteiger partial charge in [0.25, 0.3) is 0 Å². The first-order chi connectivity index (χ1) is 11.1. The Bertz CT molecular complexity index is 777. The molecule has 122 valence electrons. The van der Waals surface area contributed by atoms with Crippen LogP contribution in [0.1, 0.15) is 19.3 Å². The van der Waals surface area contributed by atoms with E-state index in [2.05, 4.69) is 10.1 Å². The highest BCUT2D eigenvalue weighted by molar-refractivity contribution is 5.76. The average Bonchev–Trinajstić information content (AvgIpc) is 3.21. The molecule has 0 aromatic carbocycles. The number of aryl methyl sites for hydroxylation is 1. The summed E-state index contributed by atoms with van der Waals surface area (Å²) >= 11 is 0. The lowest BCUT2D eigenvalue weighted by molar-refractivity contribution is -0.132. The molecule has 2 aromatic heterocycles. The molecule has 3 rings (SSSR count). The molecule has 1 atom stereocenters. The van der Waals surface area contributed by atoms with Gasteiger partial charge in [-0.3, -0.25) is 19.1 Å². The lowest BCUT2D eigenvalue weighted by Gasteiger charge is -2.25. The molecular weight excluding hydrogens is 298 g/mol. The first-order valence-electron chi connectivity index (χ1n) is 7.70. The Hall–Kier alpha value is -2.64. The SMILES string of the molecule is O=C(CCn1cc[nH]c(=O)c1=O)N1CCC[C@@H]1Cn1cccn1. The molecule has 0 saturated carbocycles. The zero-order valence-electron chi connectivity index (χ0n) is 12.7. The Kier molecular flexibility index (Phi) is 4.40. The number of hydrogen-bond acceptors (Lipinski definition) is 4. The first kappa shape index (κ1) is 15.3. The number of rotatable bonds is 5. The fourth-order valence-electron chi connectivity index (χ4n) is 2.98. The minimum atomic E-state index is -0.669. The van der Waals surface area contributed by atoms with E-state index in [4.69, 9.17) is 0 Å². The smallest absolute Gasteiger partial charge is 0.316 e. The van der Waals surface area contributed by atoms with Crippen molar-refractivity contribution in [1.29, 1.82) is 0 Å². The van der Waals surface area contributed by atoms with Crippen LogP contribution in [0.25, 0.3) is 0 Å². The Balaban J connectivity index is 1.62. The number of nitrogens with one attached hydrogen (secondary N) is 1. The van der Waals surface area contributed by atoms with Gasteiger partial charge in [-0.05, 0) is 18.9 Å². The predicted molar refractivity (Wildman–Crippen MR) is 82.9 cm³/mol. The van der Waals surface area contributed by atoms with Crippen LogP contribution in [-0.2, 0) is 17.9 Å². The summed E-state index contributed by atoms with van der Waals surface area (Å²) in [6.45, 7) is 1.63. The summed E-state index contributed by atoms with van der Waals surface area (Å²) in [5.74, 6) is 0.00633. The molecule has 1 aliphatic rings. The summed E-state index contributed by atoms with van der Waals surface area (Å²) in [7, 11) is 0. The lowest BCUT2D eigenvalue weighted by atomic mass is 10.2. The summed E-state index contributed by atoms with van der Waals surface area (Å²) in [6, 6.07) is 2.00. The van der Waals surface area contributed by atoms with Crippen LogP contribution in [0.2, 0.25) is 0 Å². The topological polar surface area (TPSA) is 93.0 Å². The summed E-state index contributed by atoms with van der Waals surface area (Å²) in [5, 5.41) is 4.18. The fraction of sp³-hybridized carbons (Fsp3) is 0.467. The van der Waals surface area contributed by atoms with E-state index in [1.165, 1.54) is 17.0 Å². The second-order valence-electron chi connectivity index (χ2n) is 5.65. The number of carbonyl (C=O) groups is 1. The third kappa shape index (κ3) is 3.41. The van der Waals surface area contributed by atoms with Crippen LogP contribution < -0.4 is 11.1 Å². The zero-order chi connectivity index (χ0) is 16.2. The van der Waals surface area contributed by atoms with E-state index in [1.807, 2.05) is 21.8 Å². The number of aromatic amines is 1. The maximum atomic E-state index is 12.4.